The van der Waals surface area contributed by atoms with Gasteiger partial charge in [0.25, 0.3) is 0 Å². The van der Waals surface area contributed by atoms with Gasteiger partial charge in [-0.25, -0.2) is 4.79 Å². The summed E-state index contributed by atoms with van der Waals surface area (Å²) in [5.41, 5.74) is 3.19. The SMILES string of the molecule is CC1Cc2ccccc2C(=O)c2c1cc(C(=O)O)n2C. The van der Waals surface area contributed by atoms with Gasteiger partial charge in [0.05, 0.1) is 5.69 Å². The van der Waals surface area contributed by atoms with Crippen LogP contribution in [-0.2, 0) is 13.5 Å². The van der Waals surface area contributed by atoms with Gasteiger partial charge in [0.15, 0.2) is 0 Å². The van der Waals surface area contributed by atoms with Gasteiger partial charge in [-0.15, -0.1) is 0 Å². The molecule has 4 heteroatoms. The van der Waals surface area contributed by atoms with E-state index in [0.29, 0.717) is 11.3 Å². The summed E-state index contributed by atoms with van der Waals surface area (Å²) in [7, 11) is 1.64. The van der Waals surface area contributed by atoms with Crippen molar-refractivity contribution >= 4 is 11.8 Å². The number of carbonyl (C=O) groups excluding carboxylic acids is 1. The summed E-state index contributed by atoms with van der Waals surface area (Å²) >= 11 is 0. The largest absolute Gasteiger partial charge is 0.477 e. The summed E-state index contributed by atoms with van der Waals surface area (Å²) in [6.45, 7) is 2.03. The molecule has 0 radical (unpaired) electrons. The van der Waals surface area contributed by atoms with Crippen LogP contribution in [0.4, 0.5) is 0 Å². The lowest BCUT2D eigenvalue weighted by Crippen LogP contribution is -2.12. The summed E-state index contributed by atoms with van der Waals surface area (Å²) in [5, 5.41) is 9.22. The predicted molar refractivity (Wildman–Crippen MR) is 74.4 cm³/mol. The molecule has 20 heavy (non-hydrogen) atoms. The van der Waals surface area contributed by atoms with Crippen molar-refractivity contribution < 1.29 is 14.7 Å². The average molecular weight is 269 g/mol. The maximum absolute atomic E-state index is 12.7. The van der Waals surface area contributed by atoms with E-state index in [-0.39, 0.29) is 17.4 Å². The van der Waals surface area contributed by atoms with Gasteiger partial charge in [-0.1, -0.05) is 31.2 Å². The molecule has 3 rings (SSSR count). The zero-order valence-electron chi connectivity index (χ0n) is 11.4. The first-order valence-electron chi connectivity index (χ1n) is 6.56. The lowest BCUT2D eigenvalue weighted by Gasteiger charge is -2.08. The van der Waals surface area contributed by atoms with Crippen LogP contribution >= 0.6 is 0 Å². The Balaban J connectivity index is 2.28. The number of nitrogens with zero attached hydrogens (tertiary/aromatic N) is 1. The fourth-order valence-corrected chi connectivity index (χ4v) is 2.98. The van der Waals surface area contributed by atoms with Crippen molar-refractivity contribution in [3.63, 3.8) is 0 Å². The third-order valence-corrected chi connectivity index (χ3v) is 4.02. The Hall–Kier alpha value is -2.36. The van der Waals surface area contributed by atoms with E-state index in [1.54, 1.807) is 13.1 Å². The normalized spacial score (nSPS) is 17.3. The topological polar surface area (TPSA) is 59.3 Å². The second-order valence-corrected chi connectivity index (χ2v) is 5.29. The smallest absolute Gasteiger partial charge is 0.352 e. The van der Waals surface area contributed by atoms with Crippen LogP contribution in [0.1, 0.15) is 50.5 Å². The summed E-state index contributed by atoms with van der Waals surface area (Å²) in [6, 6.07) is 9.18. The molecule has 4 nitrogen and oxygen atoms in total. The lowest BCUT2D eigenvalue weighted by atomic mass is 9.95. The van der Waals surface area contributed by atoms with Gasteiger partial charge in [0.1, 0.15) is 5.69 Å². The van der Waals surface area contributed by atoms with Gasteiger partial charge in [-0.05, 0) is 29.5 Å². The number of hydrogen-bond acceptors (Lipinski definition) is 2. The van der Waals surface area contributed by atoms with Crippen molar-refractivity contribution in [3.05, 3.63) is 58.4 Å². The molecule has 2 aromatic rings. The van der Waals surface area contributed by atoms with Crippen molar-refractivity contribution in [1.82, 2.24) is 4.57 Å². The molecule has 1 aliphatic rings. The van der Waals surface area contributed by atoms with E-state index in [1.807, 2.05) is 31.2 Å². The maximum Gasteiger partial charge on any atom is 0.352 e. The average Bonchev–Trinajstić information content (AvgIpc) is 2.71. The molecule has 0 fully saturated rings. The third-order valence-electron chi connectivity index (χ3n) is 4.02. The number of rotatable bonds is 1. The van der Waals surface area contributed by atoms with Crippen LogP contribution in [-0.4, -0.2) is 21.4 Å². The van der Waals surface area contributed by atoms with Gasteiger partial charge in [0.2, 0.25) is 5.78 Å². The molecular formula is C16H15NO3. The molecule has 1 N–H and O–H groups in total. The minimum Gasteiger partial charge on any atom is -0.477 e. The Bertz CT molecular complexity index is 727. The zero-order chi connectivity index (χ0) is 14.4. The number of fused-ring (bicyclic) bond motifs is 2. The molecule has 1 heterocycles. The molecule has 1 aliphatic carbocycles. The Morgan fingerprint density at radius 1 is 1.35 bits per heavy atom. The van der Waals surface area contributed by atoms with E-state index in [4.69, 9.17) is 0 Å². The number of hydrogen-bond donors (Lipinski definition) is 1. The Kier molecular flexibility index (Phi) is 2.74. The van der Waals surface area contributed by atoms with Crippen molar-refractivity contribution in [1.29, 1.82) is 0 Å². The molecule has 102 valence electrons. The predicted octanol–water partition coefficient (Wildman–Crippen LogP) is 2.61. The summed E-state index contributed by atoms with van der Waals surface area (Å²) in [4.78, 5) is 24.0. The Morgan fingerprint density at radius 3 is 2.75 bits per heavy atom. The van der Waals surface area contributed by atoms with Gasteiger partial charge >= 0.3 is 5.97 Å². The second-order valence-electron chi connectivity index (χ2n) is 5.29. The number of aromatic carboxylic acids is 1. The van der Waals surface area contributed by atoms with Gasteiger partial charge < -0.3 is 9.67 Å². The molecule has 0 bridgehead atoms. The van der Waals surface area contributed by atoms with Gasteiger partial charge in [-0.2, -0.15) is 0 Å². The van der Waals surface area contributed by atoms with Crippen molar-refractivity contribution in [2.75, 3.05) is 0 Å². The van der Waals surface area contributed by atoms with E-state index in [9.17, 15) is 14.7 Å². The van der Waals surface area contributed by atoms with Crippen LogP contribution in [0, 0.1) is 0 Å². The first-order chi connectivity index (χ1) is 9.50. The summed E-state index contributed by atoms with van der Waals surface area (Å²) < 4.78 is 1.50. The Morgan fingerprint density at radius 2 is 2.05 bits per heavy atom. The molecule has 1 aromatic heterocycles. The zero-order valence-corrected chi connectivity index (χ0v) is 11.4. The number of benzene rings is 1. The van der Waals surface area contributed by atoms with Crippen LogP contribution in [0.15, 0.2) is 30.3 Å². The summed E-state index contributed by atoms with van der Waals surface area (Å²) in [6.07, 6.45) is 0.748. The molecule has 0 saturated carbocycles. The van der Waals surface area contributed by atoms with Crippen molar-refractivity contribution in [2.45, 2.75) is 19.3 Å². The van der Waals surface area contributed by atoms with Crippen LogP contribution in [0.25, 0.3) is 0 Å². The fraction of sp³-hybridized carbons (Fsp3) is 0.250. The van der Waals surface area contributed by atoms with Crippen LogP contribution < -0.4 is 0 Å². The standard InChI is InChI=1S/C16H15NO3/c1-9-7-10-5-3-4-6-11(10)15(18)14-12(9)8-13(16(19)20)17(14)2/h3-6,8-9H,7H2,1-2H3,(H,19,20). The molecule has 0 saturated heterocycles. The second kappa shape index (κ2) is 4.34. The summed E-state index contributed by atoms with van der Waals surface area (Å²) in [5.74, 6) is -0.972. The molecule has 1 aromatic carbocycles. The lowest BCUT2D eigenvalue weighted by molar-refractivity contribution is 0.0686. The van der Waals surface area contributed by atoms with Crippen molar-refractivity contribution in [2.24, 2.45) is 7.05 Å². The fourth-order valence-electron chi connectivity index (χ4n) is 2.98. The monoisotopic (exact) mass is 269 g/mol. The molecule has 0 amide bonds. The first-order valence-corrected chi connectivity index (χ1v) is 6.56. The van der Waals surface area contributed by atoms with Crippen LogP contribution in [0.5, 0.6) is 0 Å². The maximum atomic E-state index is 12.7. The van der Waals surface area contributed by atoms with Crippen molar-refractivity contribution in [3.8, 4) is 0 Å². The Labute approximate surface area is 116 Å². The molecular weight excluding hydrogens is 254 g/mol. The highest BCUT2D eigenvalue weighted by molar-refractivity contribution is 6.11. The molecule has 0 aliphatic heterocycles. The van der Waals surface area contributed by atoms with E-state index in [2.05, 4.69) is 0 Å². The highest BCUT2D eigenvalue weighted by Gasteiger charge is 2.30. The van der Waals surface area contributed by atoms with Crippen LogP contribution in [0.2, 0.25) is 0 Å². The quantitative estimate of drug-likeness (QED) is 0.865. The number of carbonyl (C=O) groups is 2. The first kappa shape index (κ1) is 12.7. The molecule has 1 unspecified atom stereocenters. The molecule has 0 spiro atoms. The highest BCUT2D eigenvalue weighted by atomic mass is 16.4. The van der Waals surface area contributed by atoms with E-state index >= 15 is 0 Å². The van der Waals surface area contributed by atoms with E-state index < -0.39 is 5.97 Å². The number of carboxylic acid groups (broad SMARTS) is 1. The highest BCUT2D eigenvalue weighted by Crippen LogP contribution is 2.33. The third kappa shape index (κ3) is 1.68. The molecule has 1 atom stereocenters. The minimum atomic E-state index is -1.01. The van der Waals surface area contributed by atoms with Crippen LogP contribution in [0.3, 0.4) is 0 Å². The number of aromatic nitrogens is 1. The van der Waals surface area contributed by atoms with E-state index in [0.717, 1.165) is 17.5 Å². The van der Waals surface area contributed by atoms with E-state index in [1.165, 1.54) is 4.57 Å². The number of ketones is 1. The minimum absolute atomic E-state index is 0.0880. The van der Waals surface area contributed by atoms with Gasteiger partial charge in [0, 0.05) is 12.6 Å². The van der Waals surface area contributed by atoms with Gasteiger partial charge in [-0.3, -0.25) is 4.79 Å². The number of carboxylic acids is 1.